The molecule has 0 aliphatic rings. The van der Waals surface area contributed by atoms with Crippen LogP contribution in [0.5, 0.6) is 0 Å². The van der Waals surface area contributed by atoms with Gasteiger partial charge in [-0.2, -0.15) is 4.31 Å². The lowest BCUT2D eigenvalue weighted by Crippen LogP contribution is -2.31. The topological polar surface area (TPSA) is 96.7 Å². The minimum Gasteiger partial charge on any atom is -0.422 e. The van der Waals surface area contributed by atoms with Gasteiger partial charge in [0.2, 0.25) is 10.0 Å². The highest BCUT2D eigenvalue weighted by atomic mass is 32.2. The van der Waals surface area contributed by atoms with Crippen LogP contribution in [-0.4, -0.2) is 31.7 Å². The number of hydrogen-bond acceptors (Lipinski definition) is 5. The number of nitrogens with one attached hydrogen (secondary N) is 1. The second-order valence-electron chi connectivity index (χ2n) is 6.51. The molecule has 0 radical (unpaired) electrons. The highest BCUT2D eigenvalue weighted by molar-refractivity contribution is 7.89. The van der Waals surface area contributed by atoms with Crippen molar-refractivity contribution in [3.63, 3.8) is 0 Å². The van der Waals surface area contributed by atoms with Crippen LogP contribution in [0.15, 0.2) is 62.6 Å². The summed E-state index contributed by atoms with van der Waals surface area (Å²) in [4.78, 5) is 24.9. The van der Waals surface area contributed by atoms with E-state index in [1.807, 2.05) is 0 Å². The van der Waals surface area contributed by atoms with Gasteiger partial charge in [-0.25, -0.2) is 13.2 Å². The number of hydrogen-bond donors (Lipinski definition) is 1. The number of carbonyl (C=O) groups is 1. The number of sulfonamides is 1. The average molecular weight is 414 g/mol. The lowest BCUT2D eigenvalue weighted by molar-refractivity contribution is 0.102. The van der Waals surface area contributed by atoms with Gasteiger partial charge in [0.25, 0.3) is 5.91 Å². The van der Waals surface area contributed by atoms with Gasteiger partial charge in [-0.05, 0) is 36.8 Å². The van der Waals surface area contributed by atoms with E-state index in [1.54, 1.807) is 57.2 Å². The predicted molar refractivity (Wildman–Crippen MR) is 112 cm³/mol. The summed E-state index contributed by atoms with van der Waals surface area (Å²) in [5, 5.41) is 3.21. The fraction of sp³-hybridized carbons (Fsp3) is 0.238. The zero-order valence-electron chi connectivity index (χ0n) is 16.4. The molecule has 0 saturated carbocycles. The van der Waals surface area contributed by atoms with Crippen LogP contribution in [0.3, 0.4) is 0 Å². The van der Waals surface area contributed by atoms with E-state index in [0.717, 1.165) is 0 Å². The van der Waals surface area contributed by atoms with Gasteiger partial charge in [-0.1, -0.05) is 38.1 Å². The van der Waals surface area contributed by atoms with Crippen LogP contribution in [0.4, 0.5) is 5.69 Å². The molecule has 2 aromatic carbocycles. The summed E-state index contributed by atoms with van der Waals surface area (Å²) in [6.07, 6.45) is 0. The van der Waals surface area contributed by atoms with Crippen molar-refractivity contribution in [3.05, 3.63) is 70.1 Å². The molecule has 1 amide bonds. The summed E-state index contributed by atoms with van der Waals surface area (Å²) in [5.74, 6) is -0.667. The standard InChI is InChI=1S/C21H22N2O5S/c1-4-23(5-2)29(26,27)19-13-16(11-10-14(19)3)22-20(24)17-12-15-8-6-7-9-18(15)28-21(17)25/h6-13H,4-5H2,1-3H3,(H,22,24). The molecule has 0 aliphatic carbocycles. The van der Waals surface area contributed by atoms with Crippen molar-refractivity contribution in [2.45, 2.75) is 25.7 Å². The molecule has 0 unspecified atom stereocenters. The van der Waals surface area contributed by atoms with Crippen LogP contribution < -0.4 is 10.9 Å². The van der Waals surface area contributed by atoms with Crippen molar-refractivity contribution in [2.24, 2.45) is 0 Å². The number of carbonyl (C=O) groups excluding carboxylic acids is 1. The number of nitrogens with zero attached hydrogens (tertiary/aromatic N) is 1. The molecule has 1 heterocycles. The van der Waals surface area contributed by atoms with Crippen LogP contribution in [0.2, 0.25) is 0 Å². The second-order valence-corrected chi connectivity index (χ2v) is 8.42. The van der Waals surface area contributed by atoms with Gasteiger partial charge < -0.3 is 9.73 Å². The van der Waals surface area contributed by atoms with Crippen molar-refractivity contribution >= 4 is 32.6 Å². The van der Waals surface area contributed by atoms with Crippen LogP contribution in [0.25, 0.3) is 11.0 Å². The minimum atomic E-state index is -3.69. The molecular weight excluding hydrogens is 392 g/mol. The van der Waals surface area contributed by atoms with Gasteiger partial charge in [0.05, 0.1) is 4.90 Å². The molecule has 7 nitrogen and oxygen atoms in total. The number of amides is 1. The zero-order chi connectivity index (χ0) is 21.2. The summed E-state index contributed by atoms with van der Waals surface area (Å²) in [5.41, 5.74) is 0.317. The average Bonchev–Trinajstić information content (AvgIpc) is 2.69. The third-order valence-corrected chi connectivity index (χ3v) is 6.85. The van der Waals surface area contributed by atoms with Gasteiger partial charge in [0.15, 0.2) is 0 Å². The molecule has 0 atom stereocenters. The van der Waals surface area contributed by atoms with Gasteiger partial charge in [0.1, 0.15) is 11.1 Å². The van der Waals surface area contributed by atoms with Gasteiger partial charge in [-0.15, -0.1) is 0 Å². The van der Waals surface area contributed by atoms with E-state index in [4.69, 9.17) is 4.42 Å². The molecule has 152 valence electrons. The summed E-state index contributed by atoms with van der Waals surface area (Å²) >= 11 is 0. The maximum Gasteiger partial charge on any atom is 0.349 e. The van der Waals surface area contributed by atoms with Gasteiger partial charge in [0, 0.05) is 24.2 Å². The molecule has 3 aromatic rings. The summed E-state index contributed by atoms with van der Waals surface area (Å²) < 4.78 is 32.3. The fourth-order valence-electron chi connectivity index (χ4n) is 3.08. The van der Waals surface area contributed by atoms with Crippen molar-refractivity contribution in [2.75, 3.05) is 18.4 Å². The maximum atomic E-state index is 12.9. The molecule has 0 aliphatic heterocycles. The Bertz CT molecular complexity index is 1230. The second kappa shape index (κ2) is 8.18. The van der Waals surface area contributed by atoms with E-state index in [0.29, 0.717) is 29.6 Å². The van der Waals surface area contributed by atoms with Gasteiger partial charge >= 0.3 is 5.63 Å². The first-order valence-electron chi connectivity index (χ1n) is 9.23. The summed E-state index contributed by atoms with van der Waals surface area (Å²) in [6, 6.07) is 13.0. The number of rotatable bonds is 6. The van der Waals surface area contributed by atoms with Crippen LogP contribution in [-0.2, 0) is 10.0 Å². The van der Waals surface area contributed by atoms with E-state index in [2.05, 4.69) is 5.32 Å². The molecule has 29 heavy (non-hydrogen) atoms. The lowest BCUT2D eigenvalue weighted by atomic mass is 10.1. The summed E-state index contributed by atoms with van der Waals surface area (Å²) in [7, 11) is -3.69. The Morgan fingerprint density at radius 2 is 1.76 bits per heavy atom. The van der Waals surface area contributed by atoms with E-state index in [1.165, 1.54) is 16.4 Å². The van der Waals surface area contributed by atoms with E-state index < -0.39 is 21.6 Å². The lowest BCUT2D eigenvalue weighted by Gasteiger charge is -2.20. The van der Waals surface area contributed by atoms with Crippen LogP contribution in [0, 0.1) is 6.92 Å². The highest BCUT2D eigenvalue weighted by Gasteiger charge is 2.24. The molecular formula is C21H22N2O5S. The van der Waals surface area contributed by atoms with Crippen LogP contribution in [0.1, 0.15) is 29.8 Å². The Balaban J connectivity index is 1.96. The normalized spacial score (nSPS) is 11.7. The van der Waals surface area contributed by atoms with E-state index in [-0.39, 0.29) is 16.1 Å². The van der Waals surface area contributed by atoms with E-state index >= 15 is 0 Å². The molecule has 1 N–H and O–H groups in total. The van der Waals surface area contributed by atoms with E-state index in [9.17, 15) is 18.0 Å². The number of aryl methyl sites for hydroxylation is 1. The Morgan fingerprint density at radius 3 is 2.45 bits per heavy atom. The molecule has 8 heteroatoms. The number of fused-ring (bicyclic) bond motifs is 1. The first kappa shape index (κ1) is 20.8. The molecule has 0 spiro atoms. The number of benzene rings is 2. The molecule has 3 rings (SSSR count). The quantitative estimate of drug-likeness (QED) is 0.624. The van der Waals surface area contributed by atoms with Gasteiger partial charge in [-0.3, -0.25) is 4.79 Å². The molecule has 0 fully saturated rings. The van der Waals surface area contributed by atoms with Crippen molar-refractivity contribution < 1.29 is 17.6 Å². The van der Waals surface area contributed by atoms with Crippen molar-refractivity contribution in [3.8, 4) is 0 Å². The zero-order valence-corrected chi connectivity index (χ0v) is 17.2. The molecule has 0 saturated heterocycles. The maximum absolute atomic E-state index is 12.9. The van der Waals surface area contributed by atoms with Crippen molar-refractivity contribution in [1.29, 1.82) is 0 Å². The highest BCUT2D eigenvalue weighted by Crippen LogP contribution is 2.24. The number of para-hydroxylation sites is 1. The predicted octanol–water partition coefficient (Wildman–Crippen LogP) is 3.38. The SMILES string of the molecule is CCN(CC)S(=O)(=O)c1cc(NC(=O)c2cc3ccccc3oc2=O)ccc1C. The third-order valence-electron chi connectivity index (χ3n) is 4.66. The fourth-order valence-corrected chi connectivity index (χ4v) is 4.79. The first-order chi connectivity index (χ1) is 13.8. The first-order valence-corrected chi connectivity index (χ1v) is 10.7. The number of anilines is 1. The smallest absolute Gasteiger partial charge is 0.349 e. The Labute approximate surface area is 169 Å². The third kappa shape index (κ3) is 4.08. The Hall–Kier alpha value is -2.97. The monoisotopic (exact) mass is 414 g/mol. The van der Waals surface area contributed by atoms with Crippen molar-refractivity contribution in [1.82, 2.24) is 4.31 Å². The largest absolute Gasteiger partial charge is 0.422 e. The van der Waals surface area contributed by atoms with Crippen LogP contribution >= 0.6 is 0 Å². The minimum absolute atomic E-state index is 0.115. The Kier molecular flexibility index (Phi) is 5.86. The molecule has 0 bridgehead atoms. The Morgan fingerprint density at radius 1 is 1.07 bits per heavy atom. The molecule has 1 aromatic heterocycles. The summed E-state index contributed by atoms with van der Waals surface area (Å²) in [6.45, 7) is 5.90.